The fourth-order valence-corrected chi connectivity index (χ4v) is 2.97. The van der Waals surface area contributed by atoms with Crippen LogP contribution in [0.25, 0.3) is 11.5 Å². The van der Waals surface area contributed by atoms with Gasteiger partial charge in [0, 0.05) is 10.6 Å². The van der Waals surface area contributed by atoms with E-state index in [1.54, 1.807) is 18.2 Å². The van der Waals surface area contributed by atoms with Gasteiger partial charge in [0.05, 0.1) is 16.5 Å². The molecule has 8 heteroatoms. The number of amides is 1. The van der Waals surface area contributed by atoms with Crippen molar-refractivity contribution in [2.24, 2.45) is 0 Å². The Bertz CT molecular complexity index is 914. The quantitative estimate of drug-likeness (QED) is 0.611. The lowest BCUT2D eigenvalue weighted by Crippen LogP contribution is -2.14. The summed E-state index contributed by atoms with van der Waals surface area (Å²) >= 11 is 13.1. The first-order valence-corrected chi connectivity index (χ1v) is 9.03. The summed E-state index contributed by atoms with van der Waals surface area (Å²) in [6, 6.07) is 12.6. The average molecular weight is 394 g/mol. The second-order valence-electron chi connectivity index (χ2n) is 5.20. The maximum atomic E-state index is 12.0. The zero-order valence-corrected chi connectivity index (χ0v) is 15.5. The van der Waals surface area contributed by atoms with Gasteiger partial charge in [0.2, 0.25) is 11.8 Å². The van der Waals surface area contributed by atoms with Crippen LogP contribution in [0.4, 0.5) is 5.69 Å². The van der Waals surface area contributed by atoms with Crippen molar-refractivity contribution in [1.82, 2.24) is 10.2 Å². The van der Waals surface area contributed by atoms with Crippen LogP contribution in [0.15, 0.2) is 52.1 Å². The van der Waals surface area contributed by atoms with E-state index in [-0.39, 0.29) is 11.7 Å². The van der Waals surface area contributed by atoms with Crippen LogP contribution in [-0.2, 0) is 4.79 Å². The highest BCUT2D eigenvalue weighted by Crippen LogP contribution is 2.27. The Morgan fingerprint density at radius 2 is 2.04 bits per heavy atom. The zero-order valence-electron chi connectivity index (χ0n) is 13.1. The number of nitrogens with one attached hydrogen (secondary N) is 1. The highest BCUT2D eigenvalue weighted by Gasteiger charge is 2.12. The van der Waals surface area contributed by atoms with Gasteiger partial charge in [-0.05, 0) is 37.3 Å². The summed E-state index contributed by atoms with van der Waals surface area (Å²) in [7, 11) is 0. The zero-order chi connectivity index (χ0) is 17.8. The summed E-state index contributed by atoms with van der Waals surface area (Å²) < 4.78 is 5.58. The number of hydrogen-bond acceptors (Lipinski definition) is 5. The number of aromatic nitrogens is 2. The molecule has 1 amide bonds. The van der Waals surface area contributed by atoms with Gasteiger partial charge in [0.25, 0.3) is 5.22 Å². The van der Waals surface area contributed by atoms with Gasteiger partial charge in [0.15, 0.2) is 0 Å². The van der Waals surface area contributed by atoms with E-state index < -0.39 is 0 Å². The molecule has 0 saturated heterocycles. The monoisotopic (exact) mass is 393 g/mol. The highest BCUT2D eigenvalue weighted by molar-refractivity contribution is 7.99. The number of thioether (sulfide) groups is 1. The van der Waals surface area contributed by atoms with Crippen LogP contribution in [0, 0.1) is 6.92 Å². The van der Waals surface area contributed by atoms with Crippen molar-refractivity contribution in [3.8, 4) is 11.5 Å². The summed E-state index contributed by atoms with van der Waals surface area (Å²) in [6.45, 7) is 1.99. The molecule has 0 unspecified atom stereocenters. The van der Waals surface area contributed by atoms with Crippen molar-refractivity contribution in [3.63, 3.8) is 0 Å². The lowest BCUT2D eigenvalue weighted by molar-refractivity contribution is -0.113. The van der Waals surface area contributed by atoms with Crippen molar-refractivity contribution in [2.75, 3.05) is 11.1 Å². The summed E-state index contributed by atoms with van der Waals surface area (Å²) in [5.41, 5.74) is 2.41. The molecule has 1 heterocycles. The van der Waals surface area contributed by atoms with Gasteiger partial charge in [-0.1, -0.05) is 52.7 Å². The maximum Gasteiger partial charge on any atom is 0.277 e. The molecule has 128 valence electrons. The number of nitrogens with zero attached hydrogens (tertiary/aromatic N) is 2. The molecule has 0 spiro atoms. The normalized spacial score (nSPS) is 10.7. The summed E-state index contributed by atoms with van der Waals surface area (Å²) in [5.74, 6) is 0.284. The van der Waals surface area contributed by atoms with E-state index in [1.165, 1.54) is 0 Å². The number of rotatable bonds is 5. The fraction of sp³-hybridized carbons (Fsp3) is 0.118. The molecule has 1 aromatic heterocycles. The highest BCUT2D eigenvalue weighted by atomic mass is 35.5. The lowest BCUT2D eigenvalue weighted by Gasteiger charge is -2.06. The molecular formula is C17H13Cl2N3O2S. The Balaban J connectivity index is 1.60. The third-order valence-electron chi connectivity index (χ3n) is 3.20. The van der Waals surface area contributed by atoms with E-state index in [2.05, 4.69) is 15.5 Å². The number of halogens is 2. The Labute approximate surface area is 158 Å². The minimum absolute atomic E-state index is 0.109. The third kappa shape index (κ3) is 4.75. The third-order valence-corrected chi connectivity index (χ3v) is 4.58. The number of carbonyl (C=O) groups excluding carboxylic acids is 1. The Morgan fingerprint density at radius 1 is 1.20 bits per heavy atom. The SMILES string of the molecule is Cc1cccc(-c2nnc(SCC(=O)Nc3cc(Cl)ccc3Cl)o2)c1. The first-order valence-electron chi connectivity index (χ1n) is 7.29. The molecule has 0 aliphatic heterocycles. The molecule has 5 nitrogen and oxygen atoms in total. The topological polar surface area (TPSA) is 68.0 Å². The van der Waals surface area contributed by atoms with E-state index in [1.807, 2.05) is 31.2 Å². The van der Waals surface area contributed by atoms with Crippen molar-refractivity contribution in [1.29, 1.82) is 0 Å². The van der Waals surface area contributed by atoms with Gasteiger partial charge < -0.3 is 9.73 Å². The van der Waals surface area contributed by atoms with E-state index in [0.29, 0.717) is 26.8 Å². The Morgan fingerprint density at radius 3 is 2.84 bits per heavy atom. The van der Waals surface area contributed by atoms with E-state index >= 15 is 0 Å². The van der Waals surface area contributed by atoms with Crippen molar-refractivity contribution in [2.45, 2.75) is 12.1 Å². The number of anilines is 1. The largest absolute Gasteiger partial charge is 0.411 e. The van der Waals surface area contributed by atoms with Crippen molar-refractivity contribution < 1.29 is 9.21 Å². The molecule has 0 radical (unpaired) electrons. The minimum atomic E-state index is -0.246. The first-order chi connectivity index (χ1) is 12.0. The van der Waals surface area contributed by atoms with Gasteiger partial charge >= 0.3 is 0 Å². The Hall–Kier alpha value is -2.02. The molecule has 0 atom stereocenters. The van der Waals surface area contributed by atoms with Crippen LogP contribution in [0.1, 0.15) is 5.56 Å². The predicted molar refractivity (Wildman–Crippen MR) is 100 cm³/mol. The van der Waals surface area contributed by atoms with Crippen LogP contribution in [0.5, 0.6) is 0 Å². The van der Waals surface area contributed by atoms with Gasteiger partial charge in [-0.3, -0.25) is 4.79 Å². The van der Waals surface area contributed by atoms with E-state index in [4.69, 9.17) is 27.6 Å². The Kier molecular flexibility index (Phi) is 5.63. The standard InChI is InChI=1S/C17H13Cl2N3O2S/c1-10-3-2-4-11(7-10)16-21-22-17(24-16)25-9-15(23)20-14-8-12(18)5-6-13(14)19/h2-8H,9H2,1H3,(H,20,23). The lowest BCUT2D eigenvalue weighted by atomic mass is 10.1. The number of carbonyl (C=O) groups is 1. The van der Waals surface area contributed by atoms with Gasteiger partial charge in [-0.25, -0.2) is 0 Å². The van der Waals surface area contributed by atoms with Gasteiger partial charge in [-0.2, -0.15) is 0 Å². The molecule has 3 rings (SSSR count). The van der Waals surface area contributed by atoms with Crippen LogP contribution in [0.3, 0.4) is 0 Å². The van der Waals surface area contributed by atoms with E-state index in [0.717, 1.165) is 22.9 Å². The van der Waals surface area contributed by atoms with Gasteiger partial charge in [-0.15, -0.1) is 10.2 Å². The molecular weight excluding hydrogens is 381 g/mol. The molecule has 3 aromatic rings. The number of hydrogen-bond donors (Lipinski definition) is 1. The van der Waals surface area contributed by atoms with Crippen molar-refractivity contribution in [3.05, 3.63) is 58.1 Å². The van der Waals surface area contributed by atoms with Gasteiger partial charge in [0.1, 0.15) is 0 Å². The maximum absolute atomic E-state index is 12.0. The number of benzene rings is 2. The minimum Gasteiger partial charge on any atom is -0.411 e. The molecule has 2 aromatic carbocycles. The fourth-order valence-electron chi connectivity index (χ4n) is 2.07. The van der Waals surface area contributed by atoms with Crippen LogP contribution < -0.4 is 5.32 Å². The second kappa shape index (κ2) is 7.91. The molecule has 25 heavy (non-hydrogen) atoms. The van der Waals surface area contributed by atoms with Crippen LogP contribution in [-0.4, -0.2) is 21.9 Å². The molecule has 0 bridgehead atoms. The summed E-state index contributed by atoms with van der Waals surface area (Å²) in [5, 5.41) is 11.9. The van der Waals surface area contributed by atoms with E-state index in [9.17, 15) is 4.79 Å². The summed E-state index contributed by atoms with van der Waals surface area (Å²) in [6.07, 6.45) is 0. The molecule has 0 fully saturated rings. The second-order valence-corrected chi connectivity index (χ2v) is 6.97. The molecule has 1 N–H and O–H groups in total. The molecule has 0 saturated carbocycles. The van der Waals surface area contributed by atoms with Crippen LogP contribution in [0.2, 0.25) is 10.0 Å². The van der Waals surface area contributed by atoms with Crippen molar-refractivity contribution >= 4 is 46.6 Å². The molecule has 0 aliphatic rings. The number of aryl methyl sites for hydroxylation is 1. The smallest absolute Gasteiger partial charge is 0.277 e. The summed E-state index contributed by atoms with van der Waals surface area (Å²) in [4.78, 5) is 12.0. The predicted octanol–water partition coefficient (Wildman–Crippen LogP) is 5.08. The molecule has 0 aliphatic carbocycles. The van der Waals surface area contributed by atoms with Crippen LogP contribution >= 0.6 is 35.0 Å². The average Bonchev–Trinajstić information content (AvgIpc) is 3.05. The first kappa shape index (κ1) is 17.8.